The number of rotatable bonds is 6. The number of nitrogens with zero attached hydrogens (tertiary/aromatic N) is 3. The molecule has 0 atom stereocenters. The SMILES string of the molecule is CCOC(=O)c1cnn(-c2ccc(NC(=O)c3c(F)cccc3Cl)cc2)c1-n1cccc1. The van der Waals surface area contributed by atoms with E-state index in [0.29, 0.717) is 22.8 Å². The van der Waals surface area contributed by atoms with Crippen LogP contribution in [0.5, 0.6) is 0 Å². The van der Waals surface area contributed by atoms with Gasteiger partial charge in [0.25, 0.3) is 5.91 Å². The first-order valence-electron chi connectivity index (χ1n) is 9.74. The molecular formula is C23H18ClFN4O3. The van der Waals surface area contributed by atoms with E-state index in [1.807, 2.05) is 12.1 Å². The molecule has 0 aliphatic heterocycles. The highest BCUT2D eigenvalue weighted by Crippen LogP contribution is 2.24. The summed E-state index contributed by atoms with van der Waals surface area (Å²) in [5.74, 6) is -1.32. The lowest BCUT2D eigenvalue weighted by atomic mass is 10.2. The van der Waals surface area contributed by atoms with Crippen molar-refractivity contribution < 1.29 is 18.7 Å². The summed E-state index contributed by atoms with van der Waals surface area (Å²) in [5, 5.41) is 7.00. The van der Waals surface area contributed by atoms with Gasteiger partial charge in [-0.2, -0.15) is 5.10 Å². The quantitative estimate of drug-likeness (QED) is 0.423. The summed E-state index contributed by atoms with van der Waals surface area (Å²) < 4.78 is 22.5. The van der Waals surface area contributed by atoms with Crippen molar-refractivity contribution >= 4 is 29.2 Å². The average Bonchev–Trinajstić information content (AvgIpc) is 3.44. The molecule has 0 saturated carbocycles. The normalized spacial score (nSPS) is 10.7. The maximum atomic E-state index is 14.0. The molecule has 0 aliphatic carbocycles. The fraction of sp³-hybridized carbons (Fsp3) is 0.0870. The van der Waals surface area contributed by atoms with E-state index in [2.05, 4.69) is 10.4 Å². The van der Waals surface area contributed by atoms with Gasteiger partial charge in [0, 0.05) is 18.1 Å². The average molecular weight is 453 g/mol. The summed E-state index contributed by atoms with van der Waals surface area (Å²) in [5.41, 5.74) is 1.18. The van der Waals surface area contributed by atoms with Crippen LogP contribution in [-0.2, 0) is 4.74 Å². The molecule has 0 radical (unpaired) electrons. The van der Waals surface area contributed by atoms with Gasteiger partial charge in [-0.1, -0.05) is 17.7 Å². The van der Waals surface area contributed by atoms with E-state index in [9.17, 15) is 14.0 Å². The number of anilines is 1. The summed E-state index contributed by atoms with van der Waals surface area (Å²) in [6.45, 7) is 1.98. The number of amides is 1. The first-order valence-corrected chi connectivity index (χ1v) is 10.1. The molecule has 0 unspecified atom stereocenters. The van der Waals surface area contributed by atoms with E-state index < -0.39 is 17.7 Å². The lowest BCUT2D eigenvalue weighted by Gasteiger charge is -2.12. The fourth-order valence-corrected chi connectivity index (χ4v) is 3.45. The molecule has 0 aliphatic rings. The standard InChI is InChI=1S/C23H18ClFN4O3/c1-2-32-23(31)17-14-26-29(22(17)28-12-3-4-13-28)16-10-8-15(9-11-16)27-21(30)20-18(24)6-5-7-19(20)25/h3-14H,2H2,1H3,(H,27,30). The van der Waals surface area contributed by atoms with Crippen LogP contribution < -0.4 is 5.32 Å². The first kappa shape index (κ1) is 21.3. The smallest absolute Gasteiger partial charge is 0.343 e. The number of aromatic nitrogens is 3. The van der Waals surface area contributed by atoms with Crippen LogP contribution in [0.3, 0.4) is 0 Å². The van der Waals surface area contributed by atoms with Crippen molar-refractivity contribution in [2.24, 2.45) is 0 Å². The number of hydrogen-bond donors (Lipinski definition) is 1. The van der Waals surface area contributed by atoms with Crippen LogP contribution >= 0.6 is 11.6 Å². The van der Waals surface area contributed by atoms with Crippen LogP contribution in [0.2, 0.25) is 5.02 Å². The Balaban J connectivity index is 1.64. The number of carbonyl (C=O) groups excluding carboxylic acids is 2. The lowest BCUT2D eigenvalue weighted by molar-refractivity contribution is 0.0526. The van der Waals surface area contributed by atoms with E-state index in [0.717, 1.165) is 0 Å². The summed E-state index contributed by atoms with van der Waals surface area (Å²) in [7, 11) is 0. The van der Waals surface area contributed by atoms with Crippen molar-refractivity contribution in [1.82, 2.24) is 14.3 Å². The Hall–Kier alpha value is -3.91. The summed E-state index contributed by atoms with van der Waals surface area (Å²) >= 11 is 5.96. The molecule has 0 bridgehead atoms. The van der Waals surface area contributed by atoms with Gasteiger partial charge in [-0.15, -0.1) is 0 Å². The fourth-order valence-electron chi connectivity index (χ4n) is 3.20. The Morgan fingerprint density at radius 1 is 1.09 bits per heavy atom. The zero-order valence-electron chi connectivity index (χ0n) is 17.0. The molecule has 0 saturated heterocycles. The van der Waals surface area contributed by atoms with Crippen molar-refractivity contribution in [3.05, 3.63) is 95.2 Å². The van der Waals surface area contributed by atoms with Crippen LogP contribution in [-0.4, -0.2) is 32.8 Å². The molecule has 4 rings (SSSR count). The zero-order chi connectivity index (χ0) is 22.7. The predicted molar refractivity (Wildman–Crippen MR) is 118 cm³/mol. The van der Waals surface area contributed by atoms with E-state index in [1.165, 1.54) is 24.4 Å². The minimum atomic E-state index is -0.703. The Labute approximate surface area is 188 Å². The third-order valence-corrected chi connectivity index (χ3v) is 4.96. The van der Waals surface area contributed by atoms with Gasteiger partial charge in [-0.25, -0.2) is 13.9 Å². The number of benzene rings is 2. The largest absolute Gasteiger partial charge is 0.462 e. The summed E-state index contributed by atoms with van der Waals surface area (Å²) in [6, 6.07) is 14.4. The van der Waals surface area contributed by atoms with Gasteiger partial charge in [-0.05, 0) is 55.5 Å². The number of halogens is 2. The van der Waals surface area contributed by atoms with Gasteiger partial charge in [0.2, 0.25) is 0 Å². The summed E-state index contributed by atoms with van der Waals surface area (Å²) in [4.78, 5) is 24.8. The number of nitrogens with one attached hydrogen (secondary N) is 1. The lowest BCUT2D eigenvalue weighted by Crippen LogP contribution is -2.14. The molecule has 0 spiro atoms. The Morgan fingerprint density at radius 3 is 2.47 bits per heavy atom. The van der Waals surface area contributed by atoms with Crippen LogP contribution in [0.15, 0.2) is 73.2 Å². The van der Waals surface area contributed by atoms with Gasteiger partial charge >= 0.3 is 5.97 Å². The molecular weight excluding hydrogens is 435 g/mol. The minimum Gasteiger partial charge on any atom is -0.462 e. The minimum absolute atomic E-state index is 0.0264. The van der Waals surface area contributed by atoms with Crippen molar-refractivity contribution in [1.29, 1.82) is 0 Å². The molecule has 1 amide bonds. The number of esters is 1. The van der Waals surface area contributed by atoms with Crippen LogP contribution in [0, 0.1) is 5.82 Å². The highest BCUT2D eigenvalue weighted by molar-refractivity contribution is 6.34. The maximum absolute atomic E-state index is 14.0. The first-order chi connectivity index (χ1) is 15.5. The van der Waals surface area contributed by atoms with E-state index in [-0.39, 0.29) is 17.2 Å². The van der Waals surface area contributed by atoms with Crippen molar-refractivity contribution in [2.45, 2.75) is 6.92 Å². The molecule has 2 heterocycles. The van der Waals surface area contributed by atoms with E-state index in [1.54, 1.807) is 52.8 Å². The van der Waals surface area contributed by atoms with E-state index >= 15 is 0 Å². The van der Waals surface area contributed by atoms with Crippen LogP contribution in [0.25, 0.3) is 11.5 Å². The van der Waals surface area contributed by atoms with Crippen molar-refractivity contribution in [3.63, 3.8) is 0 Å². The molecule has 2 aromatic carbocycles. The third-order valence-electron chi connectivity index (χ3n) is 4.65. The monoisotopic (exact) mass is 452 g/mol. The topological polar surface area (TPSA) is 78.2 Å². The highest BCUT2D eigenvalue weighted by Gasteiger charge is 2.21. The number of ether oxygens (including phenoxy) is 1. The van der Waals surface area contributed by atoms with Crippen molar-refractivity contribution in [3.8, 4) is 11.5 Å². The van der Waals surface area contributed by atoms with Gasteiger partial charge in [-0.3, -0.25) is 4.79 Å². The molecule has 2 aromatic heterocycles. The second-order valence-corrected chi connectivity index (χ2v) is 7.11. The molecule has 7 nitrogen and oxygen atoms in total. The molecule has 0 fully saturated rings. The van der Waals surface area contributed by atoms with Crippen LogP contribution in [0.4, 0.5) is 10.1 Å². The number of carbonyl (C=O) groups is 2. The number of hydrogen-bond acceptors (Lipinski definition) is 4. The molecule has 32 heavy (non-hydrogen) atoms. The summed E-state index contributed by atoms with van der Waals surface area (Å²) in [6.07, 6.45) is 5.04. The molecule has 162 valence electrons. The van der Waals surface area contributed by atoms with Gasteiger partial charge in [0.05, 0.1) is 29.1 Å². The second-order valence-electron chi connectivity index (χ2n) is 6.70. The van der Waals surface area contributed by atoms with Gasteiger partial charge in [0.1, 0.15) is 11.4 Å². The van der Waals surface area contributed by atoms with E-state index in [4.69, 9.17) is 16.3 Å². The maximum Gasteiger partial charge on any atom is 0.343 e. The zero-order valence-corrected chi connectivity index (χ0v) is 17.7. The second kappa shape index (κ2) is 9.07. The van der Waals surface area contributed by atoms with Gasteiger partial charge in [0.15, 0.2) is 5.82 Å². The van der Waals surface area contributed by atoms with Crippen LogP contribution in [0.1, 0.15) is 27.6 Å². The molecule has 4 aromatic rings. The third kappa shape index (κ3) is 4.13. The molecule has 9 heteroatoms. The highest BCUT2D eigenvalue weighted by atomic mass is 35.5. The predicted octanol–water partition coefficient (Wildman–Crippen LogP) is 4.88. The Morgan fingerprint density at radius 2 is 1.81 bits per heavy atom. The Kier molecular flexibility index (Phi) is 6.04. The Bertz CT molecular complexity index is 1250. The molecule has 1 N–H and O–H groups in total. The van der Waals surface area contributed by atoms with Crippen molar-refractivity contribution in [2.75, 3.05) is 11.9 Å². The van der Waals surface area contributed by atoms with Gasteiger partial charge < -0.3 is 14.6 Å².